The highest BCUT2D eigenvalue weighted by molar-refractivity contribution is 5.79. The zero-order chi connectivity index (χ0) is 16.2. The van der Waals surface area contributed by atoms with Gasteiger partial charge in [0, 0.05) is 32.2 Å². The summed E-state index contributed by atoms with van der Waals surface area (Å²) in [5, 5.41) is 10.7. The van der Waals surface area contributed by atoms with Gasteiger partial charge < -0.3 is 14.5 Å². The van der Waals surface area contributed by atoms with Crippen molar-refractivity contribution in [3.05, 3.63) is 28.4 Å². The molecule has 0 bridgehead atoms. The molecule has 1 amide bonds. The summed E-state index contributed by atoms with van der Waals surface area (Å²) >= 11 is 0. The average molecular weight is 320 g/mol. The van der Waals surface area contributed by atoms with Gasteiger partial charge in [0.2, 0.25) is 5.91 Å². The molecule has 2 saturated heterocycles. The Bertz CT molecular complexity index is 571. The first-order chi connectivity index (χ1) is 11.1. The minimum Gasteiger partial charge on any atom is -0.378 e. The van der Waals surface area contributed by atoms with Crippen molar-refractivity contribution in [3.63, 3.8) is 0 Å². The number of nitro groups is 1. The molecule has 0 aliphatic carbocycles. The van der Waals surface area contributed by atoms with Crippen LogP contribution in [0.4, 0.5) is 11.5 Å². The highest BCUT2D eigenvalue weighted by Crippen LogP contribution is 2.24. The normalized spacial score (nSPS) is 22.0. The smallest absolute Gasteiger partial charge is 0.287 e. The second-order valence-electron chi connectivity index (χ2n) is 5.85. The van der Waals surface area contributed by atoms with E-state index in [0.717, 1.165) is 19.4 Å². The van der Waals surface area contributed by atoms with Gasteiger partial charge in [0.15, 0.2) is 0 Å². The Morgan fingerprint density at radius 3 is 2.74 bits per heavy atom. The lowest BCUT2D eigenvalue weighted by atomic mass is 9.96. The zero-order valence-corrected chi connectivity index (χ0v) is 12.9. The van der Waals surface area contributed by atoms with Gasteiger partial charge in [-0.1, -0.05) is 0 Å². The number of morpholine rings is 1. The standard InChI is InChI=1S/C15H20N4O4/c20-15(17-6-8-23-9-7-17)12-2-1-5-18(11-12)14-4-3-13(10-16-14)19(21)22/h3-4,10,12H,1-2,5-9,11H2/t12-/m0/s1. The van der Waals surface area contributed by atoms with E-state index >= 15 is 0 Å². The van der Waals surface area contributed by atoms with Crippen LogP contribution in [0.5, 0.6) is 0 Å². The number of ether oxygens (including phenoxy) is 1. The SMILES string of the molecule is O=C([C@H]1CCCN(c2ccc([N+](=O)[O-])cn2)C1)N1CCOCC1. The monoisotopic (exact) mass is 320 g/mol. The van der Waals surface area contributed by atoms with E-state index in [1.807, 2.05) is 9.80 Å². The molecule has 1 aromatic rings. The molecule has 0 N–H and O–H groups in total. The van der Waals surface area contributed by atoms with Crippen molar-refractivity contribution in [2.24, 2.45) is 5.92 Å². The molecule has 3 rings (SSSR count). The molecule has 8 heteroatoms. The predicted octanol–water partition coefficient (Wildman–Crippen LogP) is 1.06. The Morgan fingerprint density at radius 2 is 2.09 bits per heavy atom. The molecule has 0 radical (unpaired) electrons. The van der Waals surface area contributed by atoms with Crippen LogP contribution in [0, 0.1) is 16.0 Å². The molecule has 2 aliphatic rings. The van der Waals surface area contributed by atoms with Crippen molar-refractivity contribution in [2.45, 2.75) is 12.8 Å². The first-order valence-electron chi connectivity index (χ1n) is 7.87. The van der Waals surface area contributed by atoms with E-state index in [9.17, 15) is 14.9 Å². The number of carbonyl (C=O) groups is 1. The average Bonchev–Trinajstić information content (AvgIpc) is 2.62. The van der Waals surface area contributed by atoms with Gasteiger partial charge in [-0.2, -0.15) is 0 Å². The highest BCUT2D eigenvalue weighted by Gasteiger charge is 2.30. The van der Waals surface area contributed by atoms with Crippen LogP contribution in [0.15, 0.2) is 18.3 Å². The van der Waals surface area contributed by atoms with Crippen LogP contribution in [0.1, 0.15) is 12.8 Å². The lowest BCUT2D eigenvalue weighted by Crippen LogP contribution is -2.48. The fourth-order valence-corrected chi connectivity index (χ4v) is 3.10. The van der Waals surface area contributed by atoms with Crippen molar-refractivity contribution in [1.82, 2.24) is 9.88 Å². The number of hydrogen-bond acceptors (Lipinski definition) is 6. The van der Waals surface area contributed by atoms with E-state index in [1.54, 1.807) is 6.07 Å². The van der Waals surface area contributed by atoms with Crippen LogP contribution in [-0.2, 0) is 9.53 Å². The molecule has 8 nitrogen and oxygen atoms in total. The molecule has 23 heavy (non-hydrogen) atoms. The number of aromatic nitrogens is 1. The lowest BCUT2D eigenvalue weighted by Gasteiger charge is -2.36. The van der Waals surface area contributed by atoms with E-state index in [2.05, 4.69) is 4.98 Å². The third kappa shape index (κ3) is 3.58. The molecule has 2 fully saturated rings. The second-order valence-corrected chi connectivity index (χ2v) is 5.85. The van der Waals surface area contributed by atoms with E-state index in [-0.39, 0.29) is 17.5 Å². The summed E-state index contributed by atoms with van der Waals surface area (Å²) in [5.41, 5.74) is -0.0216. The minimum absolute atomic E-state index is 0.0216. The Balaban J connectivity index is 1.65. The van der Waals surface area contributed by atoms with Gasteiger partial charge in [0.1, 0.15) is 12.0 Å². The van der Waals surface area contributed by atoms with Gasteiger partial charge in [-0.25, -0.2) is 4.98 Å². The fraction of sp³-hybridized carbons (Fsp3) is 0.600. The Morgan fingerprint density at radius 1 is 1.30 bits per heavy atom. The largest absolute Gasteiger partial charge is 0.378 e. The maximum Gasteiger partial charge on any atom is 0.287 e. The summed E-state index contributed by atoms with van der Waals surface area (Å²) in [4.78, 5) is 30.9. The Labute approximate surface area is 134 Å². The van der Waals surface area contributed by atoms with Gasteiger partial charge in [-0.05, 0) is 18.9 Å². The van der Waals surface area contributed by atoms with Crippen molar-refractivity contribution in [1.29, 1.82) is 0 Å². The number of carbonyl (C=O) groups excluding carboxylic acids is 1. The topological polar surface area (TPSA) is 88.8 Å². The molecule has 2 aliphatic heterocycles. The number of nitrogens with zero attached hydrogens (tertiary/aromatic N) is 4. The summed E-state index contributed by atoms with van der Waals surface area (Å²) in [6.07, 6.45) is 3.06. The lowest BCUT2D eigenvalue weighted by molar-refractivity contribution is -0.385. The number of anilines is 1. The summed E-state index contributed by atoms with van der Waals surface area (Å²) in [6.45, 7) is 3.95. The molecule has 1 aromatic heterocycles. The van der Waals surface area contributed by atoms with Gasteiger partial charge in [0.05, 0.1) is 24.1 Å². The number of piperidine rings is 1. The number of amides is 1. The first kappa shape index (κ1) is 15.7. The van der Waals surface area contributed by atoms with Crippen LogP contribution >= 0.6 is 0 Å². The summed E-state index contributed by atoms with van der Waals surface area (Å²) in [6, 6.07) is 3.11. The van der Waals surface area contributed by atoms with Crippen molar-refractivity contribution < 1.29 is 14.5 Å². The summed E-state index contributed by atoms with van der Waals surface area (Å²) in [7, 11) is 0. The Hall–Kier alpha value is -2.22. The molecule has 3 heterocycles. The van der Waals surface area contributed by atoms with Crippen LogP contribution in [0.25, 0.3) is 0 Å². The molecule has 0 saturated carbocycles. The van der Waals surface area contributed by atoms with Gasteiger partial charge >= 0.3 is 0 Å². The van der Waals surface area contributed by atoms with Gasteiger partial charge in [-0.3, -0.25) is 14.9 Å². The molecule has 1 atom stereocenters. The molecule has 124 valence electrons. The zero-order valence-electron chi connectivity index (χ0n) is 12.9. The van der Waals surface area contributed by atoms with E-state index in [1.165, 1.54) is 12.3 Å². The molecule has 0 spiro atoms. The molecular weight excluding hydrogens is 300 g/mol. The van der Waals surface area contributed by atoms with E-state index in [4.69, 9.17) is 4.74 Å². The highest BCUT2D eigenvalue weighted by atomic mass is 16.6. The van der Waals surface area contributed by atoms with Crippen LogP contribution in [-0.4, -0.2) is 60.1 Å². The third-order valence-electron chi connectivity index (χ3n) is 4.36. The van der Waals surface area contributed by atoms with Gasteiger partial charge in [-0.15, -0.1) is 0 Å². The van der Waals surface area contributed by atoms with Crippen LogP contribution in [0.2, 0.25) is 0 Å². The van der Waals surface area contributed by atoms with Crippen molar-refractivity contribution in [3.8, 4) is 0 Å². The number of hydrogen-bond donors (Lipinski definition) is 0. The fourth-order valence-electron chi connectivity index (χ4n) is 3.10. The number of rotatable bonds is 3. The summed E-state index contributed by atoms with van der Waals surface area (Å²) in [5.74, 6) is 0.828. The quantitative estimate of drug-likeness (QED) is 0.611. The maximum absolute atomic E-state index is 12.6. The van der Waals surface area contributed by atoms with Crippen LogP contribution < -0.4 is 4.90 Å². The maximum atomic E-state index is 12.6. The minimum atomic E-state index is -0.461. The molecular formula is C15H20N4O4. The van der Waals surface area contributed by atoms with E-state index < -0.39 is 4.92 Å². The Kier molecular flexibility index (Phi) is 4.71. The molecule has 0 aromatic carbocycles. The molecule has 0 unspecified atom stereocenters. The van der Waals surface area contributed by atoms with Gasteiger partial charge in [0.25, 0.3) is 5.69 Å². The second kappa shape index (κ2) is 6.91. The van der Waals surface area contributed by atoms with Crippen molar-refractivity contribution >= 4 is 17.4 Å². The third-order valence-corrected chi connectivity index (χ3v) is 4.36. The van der Waals surface area contributed by atoms with Crippen LogP contribution in [0.3, 0.4) is 0 Å². The van der Waals surface area contributed by atoms with E-state index in [0.29, 0.717) is 38.7 Å². The predicted molar refractivity (Wildman–Crippen MR) is 83.2 cm³/mol. The number of pyridine rings is 1. The summed E-state index contributed by atoms with van der Waals surface area (Å²) < 4.78 is 5.29. The first-order valence-corrected chi connectivity index (χ1v) is 7.87. The van der Waals surface area contributed by atoms with Crippen molar-refractivity contribution in [2.75, 3.05) is 44.3 Å².